The largest absolute Gasteiger partial charge is 0.508 e. The summed E-state index contributed by atoms with van der Waals surface area (Å²) < 4.78 is 0. The van der Waals surface area contributed by atoms with Gasteiger partial charge in [-0.2, -0.15) is 0 Å². The maximum absolute atomic E-state index is 11.2. The van der Waals surface area contributed by atoms with Crippen LogP contribution in [0.25, 0.3) is 0 Å². The number of phenolic OH excluding ortho intramolecular Hbond substituents is 1. The number of guanidine groups is 1. The van der Waals surface area contributed by atoms with Crippen molar-refractivity contribution in [1.82, 2.24) is 5.32 Å². The van der Waals surface area contributed by atoms with Gasteiger partial charge in [0.1, 0.15) is 5.75 Å². The van der Waals surface area contributed by atoms with Gasteiger partial charge < -0.3 is 10.8 Å². The molecule has 5 nitrogen and oxygen atoms in total. The van der Waals surface area contributed by atoms with E-state index in [4.69, 9.17) is 5.73 Å². The average Bonchev–Trinajstić information content (AvgIpc) is 2.16. The summed E-state index contributed by atoms with van der Waals surface area (Å²) in [5.74, 6) is 0.0454. The van der Waals surface area contributed by atoms with E-state index < -0.39 is 0 Å². The van der Waals surface area contributed by atoms with E-state index in [1.807, 2.05) is 0 Å². The summed E-state index contributed by atoms with van der Waals surface area (Å²) in [4.78, 5) is 15.3. The zero-order valence-electron chi connectivity index (χ0n) is 7.97. The molecule has 1 heterocycles. The third-order valence-electron chi connectivity index (χ3n) is 2.24. The number of carbonyl (C=O) groups is 1. The van der Waals surface area contributed by atoms with Gasteiger partial charge in [0.25, 0.3) is 0 Å². The van der Waals surface area contributed by atoms with Crippen molar-refractivity contribution < 1.29 is 9.90 Å². The van der Waals surface area contributed by atoms with E-state index in [1.165, 1.54) is 0 Å². The number of phenols is 1. The Hall–Kier alpha value is -2.04. The Morgan fingerprint density at radius 2 is 2.20 bits per heavy atom. The van der Waals surface area contributed by atoms with Crippen LogP contribution in [0.1, 0.15) is 18.0 Å². The molecule has 15 heavy (non-hydrogen) atoms. The molecule has 0 unspecified atom stereocenters. The molecule has 78 valence electrons. The number of nitrogens with two attached hydrogens (primary N) is 1. The van der Waals surface area contributed by atoms with E-state index in [1.54, 1.807) is 24.3 Å². The van der Waals surface area contributed by atoms with E-state index in [2.05, 4.69) is 10.3 Å². The molecule has 0 spiro atoms. The molecular weight excluding hydrogens is 194 g/mol. The fourth-order valence-corrected chi connectivity index (χ4v) is 1.56. The number of hydrogen-bond donors (Lipinski definition) is 3. The fourth-order valence-electron chi connectivity index (χ4n) is 1.56. The summed E-state index contributed by atoms with van der Waals surface area (Å²) in [6, 6.07) is 6.41. The van der Waals surface area contributed by atoms with Gasteiger partial charge in [-0.1, -0.05) is 18.2 Å². The lowest BCUT2D eigenvalue weighted by molar-refractivity contribution is -0.120. The second-order valence-electron chi connectivity index (χ2n) is 3.34. The maximum atomic E-state index is 11.2. The van der Waals surface area contributed by atoms with E-state index in [9.17, 15) is 9.90 Å². The molecule has 0 saturated carbocycles. The Labute approximate surface area is 86.6 Å². The van der Waals surface area contributed by atoms with Crippen molar-refractivity contribution in [3.8, 4) is 5.75 Å². The van der Waals surface area contributed by atoms with Crippen LogP contribution in [0, 0.1) is 0 Å². The van der Waals surface area contributed by atoms with E-state index in [-0.39, 0.29) is 30.1 Å². The average molecular weight is 205 g/mol. The number of carbonyl (C=O) groups excluding carboxylic acids is 1. The van der Waals surface area contributed by atoms with Crippen molar-refractivity contribution >= 4 is 11.9 Å². The Bertz CT molecular complexity index is 428. The molecule has 0 bridgehead atoms. The standard InChI is InChI=1S/C10H11N3O2/c11-10-12-7(5-9(15)13-10)6-3-1-2-4-8(6)14/h1-4,7,14H,5H2,(H3,11,12,13,15)/t7-/m1/s1. The van der Waals surface area contributed by atoms with E-state index in [0.29, 0.717) is 5.56 Å². The quantitative estimate of drug-likeness (QED) is 0.614. The number of aliphatic imine (C=N–C) groups is 1. The van der Waals surface area contributed by atoms with Gasteiger partial charge in [-0.05, 0) is 6.07 Å². The molecule has 0 radical (unpaired) electrons. The number of amides is 1. The Kier molecular flexibility index (Phi) is 2.29. The number of benzene rings is 1. The molecule has 1 amide bonds. The van der Waals surface area contributed by atoms with Crippen LogP contribution in [0.3, 0.4) is 0 Å². The molecule has 1 aliphatic rings. The van der Waals surface area contributed by atoms with Crippen molar-refractivity contribution in [1.29, 1.82) is 0 Å². The maximum Gasteiger partial charge on any atom is 0.229 e. The number of rotatable bonds is 1. The van der Waals surface area contributed by atoms with Gasteiger partial charge in [0.2, 0.25) is 5.91 Å². The summed E-state index contributed by atoms with van der Waals surface area (Å²) in [6.07, 6.45) is 0.207. The summed E-state index contributed by atoms with van der Waals surface area (Å²) in [7, 11) is 0. The predicted molar refractivity (Wildman–Crippen MR) is 55.2 cm³/mol. The molecule has 0 fully saturated rings. The molecular formula is C10H11N3O2. The number of nitrogens with one attached hydrogen (secondary N) is 1. The second-order valence-corrected chi connectivity index (χ2v) is 3.34. The van der Waals surface area contributed by atoms with Gasteiger partial charge in [0.05, 0.1) is 12.5 Å². The summed E-state index contributed by atoms with van der Waals surface area (Å²) in [5.41, 5.74) is 6.06. The lowest BCUT2D eigenvalue weighted by Crippen LogP contribution is -2.41. The van der Waals surface area contributed by atoms with E-state index in [0.717, 1.165) is 0 Å². The molecule has 1 aliphatic heterocycles. The molecule has 1 aromatic rings. The third kappa shape index (κ3) is 1.90. The molecule has 1 atom stereocenters. The minimum absolute atomic E-state index is 0.0968. The van der Waals surface area contributed by atoms with E-state index >= 15 is 0 Å². The monoisotopic (exact) mass is 205 g/mol. The molecule has 2 rings (SSSR count). The van der Waals surface area contributed by atoms with Crippen LogP contribution in [0.2, 0.25) is 0 Å². The van der Waals surface area contributed by atoms with Gasteiger partial charge >= 0.3 is 0 Å². The number of aromatic hydroxyl groups is 1. The van der Waals surface area contributed by atoms with Crippen LogP contribution in [-0.2, 0) is 4.79 Å². The second kappa shape index (κ2) is 3.61. The molecule has 4 N–H and O–H groups in total. The zero-order valence-corrected chi connectivity index (χ0v) is 7.97. The zero-order chi connectivity index (χ0) is 10.8. The first kappa shape index (κ1) is 9.51. The molecule has 0 aromatic heterocycles. The third-order valence-corrected chi connectivity index (χ3v) is 2.24. The summed E-state index contributed by atoms with van der Waals surface area (Å²) >= 11 is 0. The minimum atomic E-state index is -0.389. The molecule has 0 saturated heterocycles. The van der Waals surface area contributed by atoms with Gasteiger partial charge in [0, 0.05) is 5.56 Å². The Balaban J connectivity index is 2.36. The van der Waals surface area contributed by atoms with Gasteiger partial charge in [-0.25, -0.2) is 4.99 Å². The van der Waals surface area contributed by atoms with Crippen LogP contribution in [-0.4, -0.2) is 17.0 Å². The van der Waals surface area contributed by atoms with Gasteiger partial charge in [-0.3, -0.25) is 10.1 Å². The minimum Gasteiger partial charge on any atom is -0.508 e. The van der Waals surface area contributed by atoms with Crippen LogP contribution < -0.4 is 11.1 Å². The topological polar surface area (TPSA) is 87.7 Å². The highest BCUT2D eigenvalue weighted by Crippen LogP contribution is 2.29. The van der Waals surface area contributed by atoms with Crippen LogP contribution in [0.4, 0.5) is 0 Å². The highest BCUT2D eigenvalue weighted by Gasteiger charge is 2.22. The highest BCUT2D eigenvalue weighted by atomic mass is 16.3. The highest BCUT2D eigenvalue weighted by molar-refractivity contribution is 5.98. The lowest BCUT2D eigenvalue weighted by atomic mass is 10.0. The first-order chi connectivity index (χ1) is 7.16. The SMILES string of the molecule is NC1=N[C@@H](c2ccccc2O)CC(=O)N1. The molecule has 0 aliphatic carbocycles. The number of para-hydroxylation sites is 1. The van der Waals surface area contributed by atoms with Crippen molar-refractivity contribution in [2.24, 2.45) is 10.7 Å². The summed E-state index contributed by atoms with van der Waals surface area (Å²) in [6.45, 7) is 0. The Morgan fingerprint density at radius 1 is 1.47 bits per heavy atom. The Morgan fingerprint density at radius 3 is 2.87 bits per heavy atom. The fraction of sp³-hybridized carbons (Fsp3) is 0.200. The van der Waals surface area contributed by atoms with Crippen molar-refractivity contribution in [3.63, 3.8) is 0 Å². The van der Waals surface area contributed by atoms with Crippen molar-refractivity contribution in [2.75, 3.05) is 0 Å². The first-order valence-corrected chi connectivity index (χ1v) is 4.58. The normalized spacial score (nSPS) is 20.7. The first-order valence-electron chi connectivity index (χ1n) is 4.58. The number of hydrogen-bond acceptors (Lipinski definition) is 4. The van der Waals surface area contributed by atoms with Gasteiger partial charge in [-0.15, -0.1) is 0 Å². The smallest absolute Gasteiger partial charge is 0.229 e. The van der Waals surface area contributed by atoms with Crippen LogP contribution in [0.15, 0.2) is 29.3 Å². The summed E-state index contributed by atoms with van der Waals surface area (Å²) in [5, 5.41) is 12.0. The van der Waals surface area contributed by atoms with Crippen LogP contribution in [0.5, 0.6) is 5.75 Å². The van der Waals surface area contributed by atoms with Crippen molar-refractivity contribution in [3.05, 3.63) is 29.8 Å². The lowest BCUT2D eigenvalue weighted by Gasteiger charge is -2.19. The van der Waals surface area contributed by atoms with Crippen LogP contribution >= 0.6 is 0 Å². The van der Waals surface area contributed by atoms with Crippen molar-refractivity contribution in [2.45, 2.75) is 12.5 Å². The number of nitrogens with zero attached hydrogens (tertiary/aromatic N) is 1. The van der Waals surface area contributed by atoms with Gasteiger partial charge in [0.15, 0.2) is 5.96 Å². The predicted octanol–water partition coefficient (Wildman–Crippen LogP) is 0.268. The molecule has 5 heteroatoms. The molecule has 1 aromatic carbocycles.